The lowest BCUT2D eigenvalue weighted by molar-refractivity contribution is 0.0519. The molecule has 0 spiro atoms. The molecule has 3 rings (SSSR count). The maximum atomic E-state index is 11.9. The van der Waals surface area contributed by atoms with Crippen molar-refractivity contribution >= 4 is 35.1 Å². The van der Waals surface area contributed by atoms with Gasteiger partial charge < -0.3 is 4.84 Å². The summed E-state index contributed by atoms with van der Waals surface area (Å²) in [4.78, 5) is 21.5. The number of aromatic nitrogens is 1. The van der Waals surface area contributed by atoms with Crippen molar-refractivity contribution in [3.05, 3.63) is 75.8 Å². The average Bonchev–Trinajstić information content (AvgIpc) is 3.13. The van der Waals surface area contributed by atoms with Crippen LogP contribution in [0.15, 0.2) is 59.1 Å². The summed E-state index contributed by atoms with van der Waals surface area (Å²) in [6.45, 7) is 6.45. The van der Waals surface area contributed by atoms with Gasteiger partial charge in [0.05, 0.1) is 17.5 Å². The fraction of sp³-hybridized carbons (Fsp3) is 0.190. The van der Waals surface area contributed by atoms with Gasteiger partial charge in [0.2, 0.25) is 0 Å². The summed E-state index contributed by atoms with van der Waals surface area (Å²) in [5.41, 5.74) is 3.39. The van der Waals surface area contributed by atoms with Gasteiger partial charge in [0, 0.05) is 21.4 Å². The maximum Gasteiger partial charge on any atom is 0.365 e. The molecule has 0 N–H and O–H groups in total. The van der Waals surface area contributed by atoms with Gasteiger partial charge >= 0.3 is 5.97 Å². The number of carbonyl (C=O) groups is 1. The fourth-order valence-corrected chi connectivity index (χ4v) is 3.42. The smallest absolute Gasteiger partial charge is 0.313 e. The van der Waals surface area contributed by atoms with E-state index < -0.39 is 5.97 Å². The van der Waals surface area contributed by atoms with Crippen molar-refractivity contribution < 1.29 is 9.63 Å². The van der Waals surface area contributed by atoms with Gasteiger partial charge in [-0.15, -0.1) is 11.3 Å². The first-order valence-corrected chi connectivity index (χ1v) is 9.65. The lowest BCUT2D eigenvalue weighted by Gasteiger charge is -2.14. The molecule has 0 saturated heterocycles. The molecule has 3 aromatic rings. The van der Waals surface area contributed by atoms with Crippen LogP contribution in [-0.2, 0) is 10.3 Å². The van der Waals surface area contributed by atoms with Crippen molar-refractivity contribution in [1.82, 2.24) is 4.98 Å². The quantitative estimate of drug-likeness (QED) is 0.310. The molecule has 0 fully saturated rings. The second-order valence-corrected chi connectivity index (χ2v) is 8.32. The van der Waals surface area contributed by atoms with Crippen molar-refractivity contribution in [2.45, 2.75) is 26.2 Å². The Bertz CT molecular complexity index is 955. The molecule has 27 heavy (non-hydrogen) atoms. The van der Waals surface area contributed by atoms with E-state index in [0.717, 1.165) is 21.8 Å². The lowest BCUT2D eigenvalue weighted by Crippen LogP contribution is -2.11. The Labute approximate surface area is 167 Å². The topological polar surface area (TPSA) is 51.5 Å². The third kappa shape index (κ3) is 5.02. The third-order valence-electron chi connectivity index (χ3n) is 3.85. The van der Waals surface area contributed by atoms with Crippen molar-refractivity contribution in [3.63, 3.8) is 0 Å². The molecular formula is C21H19ClN2O2S. The Morgan fingerprint density at radius 2 is 1.78 bits per heavy atom. The molecular weight excluding hydrogens is 380 g/mol. The van der Waals surface area contributed by atoms with Crippen molar-refractivity contribution in [2.24, 2.45) is 5.16 Å². The molecule has 4 nitrogen and oxygen atoms in total. The first-order valence-electron chi connectivity index (χ1n) is 8.40. The third-order valence-corrected chi connectivity index (χ3v) is 4.99. The molecule has 0 saturated carbocycles. The van der Waals surface area contributed by atoms with Gasteiger partial charge in [-0.05, 0) is 29.8 Å². The number of rotatable bonds is 4. The summed E-state index contributed by atoms with van der Waals surface area (Å²) < 4.78 is 0. The minimum atomic E-state index is -0.531. The van der Waals surface area contributed by atoms with Gasteiger partial charge in [-0.3, -0.25) is 0 Å². The van der Waals surface area contributed by atoms with Crippen LogP contribution in [0.3, 0.4) is 0 Å². The molecule has 0 bridgehead atoms. The summed E-state index contributed by atoms with van der Waals surface area (Å²) in [5.74, 6) is -0.531. The van der Waals surface area contributed by atoms with Crippen LogP contribution in [0.2, 0.25) is 5.02 Å². The predicted octanol–water partition coefficient (Wildman–Crippen LogP) is 5.95. The Hall–Kier alpha value is -2.50. The molecule has 0 radical (unpaired) electrons. The highest BCUT2D eigenvalue weighted by Crippen LogP contribution is 2.29. The van der Waals surface area contributed by atoms with E-state index in [0.29, 0.717) is 10.6 Å². The maximum absolute atomic E-state index is 11.9. The lowest BCUT2D eigenvalue weighted by atomic mass is 9.93. The highest BCUT2D eigenvalue weighted by molar-refractivity contribution is 7.13. The number of carbonyl (C=O) groups excluding carboxylic acids is 1. The molecule has 0 aliphatic heterocycles. The normalized spacial score (nSPS) is 11.7. The number of oxime groups is 1. The van der Waals surface area contributed by atoms with Gasteiger partial charge in [0.15, 0.2) is 0 Å². The van der Waals surface area contributed by atoms with Crippen molar-refractivity contribution in [3.8, 4) is 10.6 Å². The van der Waals surface area contributed by atoms with Crippen molar-refractivity contribution in [1.29, 1.82) is 0 Å². The molecule has 138 valence electrons. The van der Waals surface area contributed by atoms with E-state index in [-0.39, 0.29) is 5.41 Å². The van der Waals surface area contributed by atoms with Crippen LogP contribution in [0, 0.1) is 0 Å². The molecule has 2 aromatic carbocycles. The van der Waals surface area contributed by atoms with Crippen LogP contribution in [0.25, 0.3) is 10.6 Å². The SMILES string of the molecule is CC(C)(C)c1csc(-c2ccc(C=NOC(=O)c3ccc(Cl)cc3)cc2)n1. The van der Waals surface area contributed by atoms with Crippen LogP contribution < -0.4 is 0 Å². The zero-order valence-electron chi connectivity index (χ0n) is 15.3. The number of benzene rings is 2. The summed E-state index contributed by atoms with van der Waals surface area (Å²) in [6.07, 6.45) is 1.50. The van der Waals surface area contributed by atoms with Crippen molar-refractivity contribution in [2.75, 3.05) is 0 Å². The Morgan fingerprint density at radius 1 is 1.11 bits per heavy atom. The van der Waals surface area contributed by atoms with Gasteiger partial charge in [0.25, 0.3) is 0 Å². The second kappa shape index (κ2) is 8.03. The van der Waals surface area contributed by atoms with E-state index >= 15 is 0 Å². The Morgan fingerprint density at radius 3 is 2.37 bits per heavy atom. The van der Waals surface area contributed by atoms with Gasteiger partial charge in [0.1, 0.15) is 5.01 Å². The van der Waals surface area contributed by atoms with E-state index in [1.54, 1.807) is 35.6 Å². The molecule has 0 amide bonds. The molecule has 1 aromatic heterocycles. The number of thiazole rings is 1. The number of nitrogens with zero attached hydrogens (tertiary/aromatic N) is 2. The number of halogens is 1. The molecule has 0 atom stereocenters. The van der Waals surface area contributed by atoms with E-state index in [4.69, 9.17) is 21.4 Å². The predicted molar refractivity (Wildman–Crippen MR) is 111 cm³/mol. The zero-order chi connectivity index (χ0) is 19.4. The van der Waals surface area contributed by atoms with Crippen LogP contribution in [0.5, 0.6) is 0 Å². The highest BCUT2D eigenvalue weighted by atomic mass is 35.5. The summed E-state index contributed by atoms with van der Waals surface area (Å²) in [5, 5.41) is 7.40. The monoisotopic (exact) mass is 398 g/mol. The Balaban J connectivity index is 1.63. The van der Waals surface area contributed by atoms with E-state index in [2.05, 4.69) is 31.3 Å². The van der Waals surface area contributed by atoms with Crippen LogP contribution in [0.1, 0.15) is 42.4 Å². The summed E-state index contributed by atoms with van der Waals surface area (Å²) in [6, 6.07) is 14.2. The zero-order valence-corrected chi connectivity index (χ0v) is 16.8. The average molecular weight is 399 g/mol. The van der Waals surface area contributed by atoms with Crippen LogP contribution in [-0.4, -0.2) is 17.2 Å². The highest BCUT2D eigenvalue weighted by Gasteiger charge is 2.17. The molecule has 6 heteroatoms. The minimum Gasteiger partial charge on any atom is -0.313 e. The summed E-state index contributed by atoms with van der Waals surface area (Å²) >= 11 is 7.43. The van der Waals surface area contributed by atoms with Crippen LogP contribution in [0.4, 0.5) is 0 Å². The molecule has 0 aliphatic carbocycles. The molecule has 1 heterocycles. The van der Waals surface area contributed by atoms with Gasteiger partial charge in [-0.1, -0.05) is 61.8 Å². The fourth-order valence-electron chi connectivity index (χ4n) is 2.24. The minimum absolute atomic E-state index is 0.0370. The number of hydrogen-bond acceptors (Lipinski definition) is 5. The Kier molecular flexibility index (Phi) is 5.73. The van der Waals surface area contributed by atoms with E-state index in [1.807, 2.05) is 24.3 Å². The largest absolute Gasteiger partial charge is 0.365 e. The van der Waals surface area contributed by atoms with Gasteiger partial charge in [-0.2, -0.15) is 0 Å². The molecule has 0 aliphatic rings. The second-order valence-electron chi connectivity index (χ2n) is 7.03. The van der Waals surface area contributed by atoms with E-state index in [1.165, 1.54) is 6.21 Å². The van der Waals surface area contributed by atoms with E-state index in [9.17, 15) is 4.79 Å². The summed E-state index contributed by atoms with van der Waals surface area (Å²) in [7, 11) is 0. The first kappa shape index (κ1) is 19.3. The first-order chi connectivity index (χ1) is 12.8. The molecule has 0 unspecified atom stereocenters. The standard InChI is InChI=1S/C21H19ClN2O2S/c1-21(2,3)18-13-27-19(24-18)15-6-4-14(5-7-15)12-23-26-20(25)16-8-10-17(22)11-9-16/h4-13H,1-3H3. The number of hydrogen-bond donors (Lipinski definition) is 0. The van der Waals surface area contributed by atoms with Crippen LogP contribution >= 0.6 is 22.9 Å². The van der Waals surface area contributed by atoms with Gasteiger partial charge in [-0.25, -0.2) is 9.78 Å².